The molecule has 9 heteroatoms. The van der Waals surface area contributed by atoms with Crippen molar-refractivity contribution in [2.75, 3.05) is 18.0 Å². The fraction of sp³-hybridized carbons (Fsp3) is 0.471. The van der Waals surface area contributed by atoms with E-state index in [4.69, 9.17) is 4.52 Å². The van der Waals surface area contributed by atoms with Crippen LogP contribution in [0, 0.1) is 12.8 Å². The van der Waals surface area contributed by atoms with Crippen LogP contribution in [0.2, 0.25) is 0 Å². The molecule has 140 valence electrons. The van der Waals surface area contributed by atoms with Crippen LogP contribution in [0.1, 0.15) is 29.9 Å². The number of aryl methyl sites for hydroxylation is 1. The maximum absolute atomic E-state index is 13.2. The van der Waals surface area contributed by atoms with Crippen LogP contribution in [0.3, 0.4) is 0 Å². The van der Waals surface area contributed by atoms with Gasteiger partial charge >= 0.3 is 6.18 Å². The molecule has 26 heavy (non-hydrogen) atoms. The minimum atomic E-state index is -4.48. The van der Waals surface area contributed by atoms with E-state index in [1.165, 1.54) is 17.2 Å². The molecule has 6 nitrogen and oxygen atoms in total. The summed E-state index contributed by atoms with van der Waals surface area (Å²) in [6, 6.07) is 4.00. The van der Waals surface area contributed by atoms with Crippen LogP contribution in [-0.2, 0) is 17.5 Å². The summed E-state index contributed by atoms with van der Waals surface area (Å²) in [6.07, 6.45) is -1.91. The molecule has 0 aliphatic carbocycles. The molecule has 0 radical (unpaired) electrons. The number of halogens is 3. The van der Waals surface area contributed by atoms with Crippen molar-refractivity contribution in [3.05, 3.63) is 41.4 Å². The van der Waals surface area contributed by atoms with Crippen molar-refractivity contribution < 1.29 is 22.5 Å². The van der Waals surface area contributed by atoms with Crippen LogP contribution in [0.15, 0.2) is 28.9 Å². The first-order valence-corrected chi connectivity index (χ1v) is 8.31. The number of nitrogens with one attached hydrogen (secondary N) is 1. The second-order valence-electron chi connectivity index (χ2n) is 6.31. The second-order valence-corrected chi connectivity index (χ2v) is 6.31. The van der Waals surface area contributed by atoms with E-state index in [0.717, 1.165) is 6.07 Å². The third kappa shape index (κ3) is 4.14. The second kappa shape index (κ2) is 7.35. The molecule has 1 saturated heterocycles. The van der Waals surface area contributed by atoms with Crippen molar-refractivity contribution in [1.29, 1.82) is 0 Å². The lowest BCUT2D eigenvalue weighted by molar-refractivity contribution is -0.137. The summed E-state index contributed by atoms with van der Waals surface area (Å²) in [7, 11) is 0. The molecule has 1 amide bonds. The Hall–Kier alpha value is -2.58. The number of anilines is 1. The Labute approximate surface area is 148 Å². The van der Waals surface area contributed by atoms with Gasteiger partial charge in [-0.3, -0.25) is 4.79 Å². The molecule has 0 saturated carbocycles. The average molecular weight is 368 g/mol. The van der Waals surface area contributed by atoms with Gasteiger partial charge in [0.2, 0.25) is 5.91 Å². The maximum atomic E-state index is 13.2. The van der Waals surface area contributed by atoms with Gasteiger partial charge in [0.15, 0.2) is 5.76 Å². The molecular formula is C17H19F3N4O2. The minimum Gasteiger partial charge on any atom is -0.359 e. The average Bonchev–Trinajstić information content (AvgIpc) is 3.04. The number of carbonyl (C=O) groups excluding carboxylic acids is 1. The smallest absolute Gasteiger partial charge is 0.359 e. The molecular weight excluding hydrogens is 349 g/mol. The van der Waals surface area contributed by atoms with Crippen LogP contribution in [-0.4, -0.2) is 29.1 Å². The van der Waals surface area contributed by atoms with Gasteiger partial charge < -0.3 is 14.7 Å². The van der Waals surface area contributed by atoms with E-state index in [-0.39, 0.29) is 24.8 Å². The molecule has 2 aromatic heterocycles. The van der Waals surface area contributed by atoms with E-state index in [0.29, 0.717) is 30.8 Å². The van der Waals surface area contributed by atoms with Crippen molar-refractivity contribution in [1.82, 2.24) is 15.5 Å². The van der Waals surface area contributed by atoms with Gasteiger partial charge in [-0.15, -0.1) is 0 Å². The number of hydrogen-bond donors (Lipinski definition) is 1. The zero-order valence-electron chi connectivity index (χ0n) is 14.2. The highest BCUT2D eigenvalue weighted by molar-refractivity contribution is 5.79. The summed E-state index contributed by atoms with van der Waals surface area (Å²) < 4.78 is 44.7. The molecule has 2 aromatic rings. The molecule has 1 N–H and O–H groups in total. The molecule has 1 aliphatic rings. The number of carbonyl (C=O) groups is 1. The number of rotatable bonds is 4. The quantitative estimate of drug-likeness (QED) is 0.899. The van der Waals surface area contributed by atoms with Crippen LogP contribution in [0.5, 0.6) is 0 Å². The lowest BCUT2D eigenvalue weighted by Gasteiger charge is -2.34. The molecule has 1 aliphatic heterocycles. The summed E-state index contributed by atoms with van der Waals surface area (Å²) in [5.41, 5.74) is -0.0638. The molecule has 3 heterocycles. The number of hydrogen-bond acceptors (Lipinski definition) is 5. The first-order chi connectivity index (χ1) is 12.3. The van der Waals surface area contributed by atoms with Crippen molar-refractivity contribution >= 4 is 11.7 Å². The number of alkyl halides is 3. The van der Waals surface area contributed by atoms with Crippen LogP contribution in [0.25, 0.3) is 0 Å². The first-order valence-electron chi connectivity index (χ1n) is 8.31. The van der Waals surface area contributed by atoms with Gasteiger partial charge in [-0.05, 0) is 31.9 Å². The van der Waals surface area contributed by atoms with Gasteiger partial charge in [-0.25, -0.2) is 4.98 Å². The van der Waals surface area contributed by atoms with E-state index in [1.807, 2.05) is 0 Å². The topological polar surface area (TPSA) is 71.3 Å². The monoisotopic (exact) mass is 368 g/mol. The lowest BCUT2D eigenvalue weighted by Crippen LogP contribution is -2.43. The third-order valence-corrected chi connectivity index (χ3v) is 4.30. The zero-order chi connectivity index (χ0) is 18.7. The fourth-order valence-electron chi connectivity index (χ4n) is 3.07. The predicted octanol–water partition coefficient (Wildman–Crippen LogP) is 2.93. The molecule has 0 bridgehead atoms. The van der Waals surface area contributed by atoms with Crippen molar-refractivity contribution in [2.45, 2.75) is 32.5 Å². The molecule has 1 fully saturated rings. The van der Waals surface area contributed by atoms with E-state index >= 15 is 0 Å². The molecule has 0 spiro atoms. The Morgan fingerprint density at radius 2 is 2.27 bits per heavy atom. The minimum absolute atomic E-state index is 0.122. The summed E-state index contributed by atoms with van der Waals surface area (Å²) in [4.78, 5) is 17.8. The van der Waals surface area contributed by atoms with Crippen molar-refractivity contribution in [2.24, 2.45) is 5.92 Å². The van der Waals surface area contributed by atoms with Crippen molar-refractivity contribution in [3.63, 3.8) is 0 Å². The zero-order valence-corrected chi connectivity index (χ0v) is 14.2. The Kier molecular flexibility index (Phi) is 5.15. The number of nitrogens with zero attached hydrogens (tertiary/aromatic N) is 3. The number of piperidine rings is 1. The standard InChI is InChI=1S/C17H19F3N4O2/c1-11-8-13(26-23-11)9-22-16(25)12-4-3-7-24(10-12)15-14(17(18,19)20)5-2-6-21-15/h2,5-6,8,12H,3-4,7,9-10H2,1H3,(H,22,25). The normalized spacial score (nSPS) is 18.0. The maximum Gasteiger partial charge on any atom is 0.419 e. The Morgan fingerprint density at radius 1 is 1.46 bits per heavy atom. The van der Waals surface area contributed by atoms with Gasteiger partial charge in [-0.1, -0.05) is 5.16 Å². The first kappa shape index (κ1) is 18.2. The Bertz CT molecular complexity index is 775. The van der Waals surface area contributed by atoms with E-state index in [9.17, 15) is 18.0 Å². The van der Waals surface area contributed by atoms with Crippen LogP contribution < -0.4 is 10.2 Å². The summed E-state index contributed by atoms with van der Waals surface area (Å²) >= 11 is 0. The van der Waals surface area contributed by atoms with Gasteiger partial charge in [0.25, 0.3) is 0 Å². The highest BCUT2D eigenvalue weighted by atomic mass is 19.4. The van der Waals surface area contributed by atoms with E-state index < -0.39 is 17.7 Å². The highest BCUT2D eigenvalue weighted by Gasteiger charge is 2.37. The van der Waals surface area contributed by atoms with E-state index in [2.05, 4.69) is 15.5 Å². The van der Waals surface area contributed by atoms with Gasteiger partial charge in [-0.2, -0.15) is 13.2 Å². The molecule has 0 aromatic carbocycles. The van der Waals surface area contributed by atoms with Crippen LogP contribution in [0.4, 0.5) is 19.0 Å². The number of aromatic nitrogens is 2. The molecule has 3 rings (SSSR count). The Morgan fingerprint density at radius 3 is 2.96 bits per heavy atom. The molecule has 1 atom stereocenters. The number of amides is 1. The number of pyridine rings is 1. The molecule has 1 unspecified atom stereocenters. The van der Waals surface area contributed by atoms with E-state index in [1.54, 1.807) is 13.0 Å². The van der Waals surface area contributed by atoms with Gasteiger partial charge in [0.05, 0.1) is 23.7 Å². The predicted molar refractivity (Wildman–Crippen MR) is 87.3 cm³/mol. The lowest BCUT2D eigenvalue weighted by atomic mass is 9.96. The third-order valence-electron chi connectivity index (χ3n) is 4.30. The fourth-order valence-corrected chi connectivity index (χ4v) is 3.07. The summed E-state index contributed by atoms with van der Waals surface area (Å²) in [5.74, 6) is -0.208. The summed E-state index contributed by atoms with van der Waals surface area (Å²) in [6.45, 7) is 2.61. The van der Waals surface area contributed by atoms with Gasteiger partial charge in [0, 0.05) is 25.4 Å². The van der Waals surface area contributed by atoms with Gasteiger partial charge in [0.1, 0.15) is 5.82 Å². The Balaban J connectivity index is 1.67. The van der Waals surface area contributed by atoms with Crippen LogP contribution >= 0.6 is 0 Å². The highest BCUT2D eigenvalue weighted by Crippen LogP contribution is 2.36. The van der Waals surface area contributed by atoms with Crippen molar-refractivity contribution in [3.8, 4) is 0 Å². The summed E-state index contributed by atoms with van der Waals surface area (Å²) in [5, 5.41) is 6.50. The SMILES string of the molecule is Cc1cc(CNC(=O)C2CCCN(c3ncccc3C(F)(F)F)C2)on1. The largest absolute Gasteiger partial charge is 0.419 e.